The van der Waals surface area contributed by atoms with Crippen LogP contribution in [0.5, 0.6) is 0 Å². The summed E-state index contributed by atoms with van der Waals surface area (Å²) >= 11 is 0. The van der Waals surface area contributed by atoms with Crippen molar-refractivity contribution in [3.05, 3.63) is 12.3 Å². The van der Waals surface area contributed by atoms with Gasteiger partial charge in [-0.15, -0.1) is 0 Å². The maximum atomic E-state index is 4.14. The molecule has 11 heavy (non-hydrogen) atoms. The minimum atomic E-state index is -0.0880. The van der Waals surface area contributed by atoms with Crippen molar-refractivity contribution in [1.29, 1.82) is 0 Å². The zero-order chi connectivity index (χ0) is 7.52. The summed E-state index contributed by atoms with van der Waals surface area (Å²) in [6.07, 6.45) is 8.34. The second-order valence-electron chi connectivity index (χ2n) is 2.11. The number of rotatable bonds is 0. The van der Waals surface area contributed by atoms with Gasteiger partial charge in [-0.3, -0.25) is 4.99 Å². The molecule has 0 fully saturated rings. The summed E-state index contributed by atoms with van der Waals surface area (Å²) < 4.78 is 0. The minimum Gasteiger partial charge on any atom is -0.276 e. The molecule has 0 aromatic rings. The maximum absolute atomic E-state index is 4.14. The van der Waals surface area contributed by atoms with Crippen molar-refractivity contribution in [2.45, 2.75) is 6.04 Å². The standard InChI is InChI=1S/C7H6N4/c1-2-9-6-4-8-5-11-7(6)10-3-1/h1-6H. The Morgan fingerprint density at radius 2 is 2.36 bits per heavy atom. The average molecular weight is 146 g/mol. The Labute approximate surface area is 63.8 Å². The van der Waals surface area contributed by atoms with Crippen LogP contribution in [-0.4, -0.2) is 30.6 Å². The predicted octanol–water partition coefficient (Wildman–Crippen LogP) is 0.464. The summed E-state index contributed by atoms with van der Waals surface area (Å²) in [5, 5.41) is 0. The predicted molar refractivity (Wildman–Crippen MR) is 45.8 cm³/mol. The molecule has 0 aromatic heterocycles. The van der Waals surface area contributed by atoms with Gasteiger partial charge >= 0.3 is 0 Å². The minimum absolute atomic E-state index is 0.0880. The highest BCUT2D eigenvalue weighted by Gasteiger charge is 2.12. The van der Waals surface area contributed by atoms with Crippen molar-refractivity contribution in [2.24, 2.45) is 20.0 Å². The van der Waals surface area contributed by atoms with Crippen LogP contribution in [0.15, 0.2) is 32.2 Å². The van der Waals surface area contributed by atoms with Crippen molar-refractivity contribution in [1.82, 2.24) is 0 Å². The molecule has 0 N–H and O–H groups in total. The third kappa shape index (κ3) is 1.14. The first-order valence-corrected chi connectivity index (χ1v) is 3.29. The Morgan fingerprint density at radius 1 is 1.36 bits per heavy atom. The summed E-state index contributed by atoms with van der Waals surface area (Å²) in [5.74, 6) is 0.699. The molecule has 2 heterocycles. The van der Waals surface area contributed by atoms with Crippen LogP contribution in [0, 0.1) is 0 Å². The number of nitrogens with zero attached hydrogens (tertiary/aromatic N) is 4. The van der Waals surface area contributed by atoms with Crippen LogP contribution in [0.4, 0.5) is 0 Å². The number of amidine groups is 1. The van der Waals surface area contributed by atoms with Crippen LogP contribution in [0.2, 0.25) is 0 Å². The number of hydrogen-bond acceptors (Lipinski definition) is 4. The molecule has 1 atom stereocenters. The van der Waals surface area contributed by atoms with Gasteiger partial charge in [-0.1, -0.05) is 0 Å². The van der Waals surface area contributed by atoms with Gasteiger partial charge in [-0.25, -0.2) is 15.0 Å². The molecule has 2 aliphatic rings. The molecule has 0 aliphatic carbocycles. The number of allylic oxidation sites excluding steroid dienone is 1. The van der Waals surface area contributed by atoms with E-state index in [1.165, 1.54) is 6.34 Å². The molecule has 54 valence electrons. The molecular formula is C7H6N4. The van der Waals surface area contributed by atoms with Gasteiger partial charge in [0.1, 0.15) is 12.4 Å². The summed E-state index contributed by atoms with van der Waals surface area (Å²) in [4.78, 5) is 16.0. The lowest BCUT2D eigenvalue weighted by Crippen LogP contribution is -2.20. The van der Waals surface area contributed by atoms with Gasteiger partial charge in [0, 0.05) is 18.6 Å². The van der Waals surface area contributed by atoms with Crippen molar-refractivity contribution >= 4 is 24.6 Å². The second kappa shape index (κ2) is 2.57. The fraction of sp³-hybridized carbons (Fsp3) is 0.143. The second-order valence-corrected chi connectivity index (χ2v) is 2.11. The number of aliphatic imine (C=N–C) groups is 4. The molecule has 0 aromatic carbocycles. The van der Waals surface area contributed by atoms with Crippen molar-refractivity contribution in [3.8, 4) is 0 Å². The van der Waals surface area contributed by atoms with Gasteiger partial charge in [0.2, 0.25) is 0 Å². The van der Waals surface area contributed by atoms with E-state index in [1.807, 2.05) is 0 Å². The Bertz CT molecular complexity index is 296. The molecule has 0 radical (unpaired) electrons. The maximum Gasteiger partial charge on any atom is 0.160 e. The Kier molecular flexibility index (Phi) is 1.44. The smallest absolute Gasteiger partial charge is 0.160 e. The Hall–Kier alpha value is -1.58. The quantitative estimate of drug-likeness (QED) is 0.477. The van der Waals surface area contributed by atoms with E-state index in [0.717, 1.165) is 0 Å². The fourth-order valence-electron chi connectivity index (χ4n) is 0.871. The zero-order valence-corrected chi connectivity index (χ0v) is 5.75. The van der Waals surface area contributed by atoms with Crippen molar-refractivity contribution in [3.63, 3.8) is 0 Å². The van der Waals surface area contributed by atoms with Gasteiger partial charge in [0.15, 0.2) is 5.84 Å². The van der Waals surface area contributed by atoms with Gasteiger partial charge in [-0.2, -0.15) is 0 Å². The first kappa shape index (κ1) is 6.15. The summed E-state index contributed by atoms with van der Waals surface area (Å²) in [6, 6.07) is -0.0880. The van der Waals surface area contributed by atoms with Crippen molar-refractivity contribution < 1.29 is 0 Å². The molecule has 0 saturated carbocycles. The molecule has 2 rings (SSSR count). The third-order valence-electron chi connectivity index (χ3n) is 1.37. The highest BCUT2D eigenvalue weighted by atomic mass is 15.0. The van der Waals surface area contributed by atoms with E-state index in [0.29, 0.717) is 5.84 Å². The van der Waals surface area contributed by atoms with Crippen molar-refractivity contribution in [2.75, 3.05) is 0 Å². The number of fused-ring (bicyclic) bond motifs is 1. The van der Waals surface area contributed by atoms with E-state index >= 15 is 0 Å². The molecule has 1 unspecified atom stereocenters. The van der Waals surface area contributed by atoms with E-state index in [-0.39, 0.29) is 6.04 Å². The van der Waals surface area contributed by atoms with E-state index in [2.05, 4.69) is 20.0 Å². The van der Waals surface area contributed by atoms with Crippen LogP contribution in [0.1, 0.15) is 0 Å². The van der Waals surface area contributed by atoms with E-state index in [4.69, 9.17) is 0 Å². The van der Waals surface area contributed by atoms with Gasteiger partial charge < -0.3 is 0 Å². The van der Waals surface area contributed by atoms with Gasteiger partial charge in [-0.05, 0) is 6.08 Å². The molecule has 0 amide bonds. The van der Waals surface area contributed by atoms with Gasteiger partial charge in [0.05, 0.1) is 0 Å². The van der Waals surface area contributed by atoms with Crippen LogP contribution in [0.25, 0.3) is 0 Å². The first-order valence-electron chi connectivity index (χ1n) is 3.29. The summed E-state index contributed by atoms with van der Waals surface area (Å²) in [7, 11) is 0. The van der Waals surface area contributed by atoms with Gasteiger partial charge in [0.25, 0.3) is 0 Å². The van der Waals surface area contributed by atoms with Crippen LogP contribution in [0.3, 0.4) is 0 Å². The van der Waals surface area contributed by atoms with Crippen LogP contribution < -0.4 is 0 Å². The third-order valence-corrected chi connectivity index (χ3v) is 1.37. The lowest BCUT2D eigenvalue weighted by molar-refractivity contribution is 1.13. The summed E-state index contributed by atoms with van der Waals surface area (Å²) in [5.41, 5.74) is 0. The van der Waals surface area contributed by atoms with E-state index in [1.54, 1.807) is 24.7 Å². The molecule has 2 aliphatic heterocycles. The highest BCUT2D eigenvalue weighted by Crippen LogP contribution is 2.01. The molecule has 4 nitrogen and oxygen atoms in total. The summed E-state index contributed by atoms with van der Waals surface area (Å²) in [6.45, 7) is 0. The molecule has 0 spiro atoms. The van der Waals surface area contributed by atoms with E-state index < -0.39 is 0 Å². The Balaban J connectivity index is 2.39. The Morgan fingerprint density at radius 3 is 3.36 bits per heavy atom. The topological polar surface area (TPSA) is 49.4 Å². The largest absolute Gasteiger partial charge is 0.276 e. The average Bonchev–Trinajstić information content (AvgIpc) is 2.28. The zero-order valence-electron chi connectivity index (χ0n) is 5.75. The monoisotopic (exact) mass is 146 g/mol. The normalized spacial score (nSPS) is 26.2. The molecule has 0 bridgehead atoms. The molecule has 4 heteroatoms. The lowest BCUT2D eigenvalue weighted by atomic mass is 10.3. The fourth-order valence-corrected chi connectivity index (χ4v) is 0.871. The highest BCUT2D eigenvalue weighted by molar-refractivity contribution is 6.10. The van der Waals surface area contributed by atoms with E-state index in [9.17, 15) is 0 Å². The molecular weight excluding hydrogens is 140 g/mol. The lowest BCUT2D eigenvalue weighted by Gasteiger charge is -2.05. The van der Waals surface area contributed by atoms with Crippen LogP contribution >= 0.6 is 0 Å². The van der Waals surface area contributed by atoms with Crippen LogP contribution in [-0.2, 0) is 0 Å². The SMILES string of the molecule is C1=CN=C2N=CN=CC2N=C1. The first-order chi connectivity index (χ1) is 5.47. The number of hydrogen-bond donors (Lipinski definition) is 0. The molecule has 0 saturated heterocycles.